The number of halogens is 2. The molecule has 0 unspecified atom stereocenters. The number of nitrogens with one attached hydrogen (secondary N) is 1. The SMILES string of the molecule is Cl.NCC1(NC(=O)c2sccc2Cl)CCCC1. The molecule has 96 valence electrons. The summed E-state index contributed by atoms with van der Waals surface area (Å²) in [6.07, 6.45) is 4.21. The van der Waals surface area contributed by atoms with Gasteiger partial charge in [-0.3, -0.25) is 4.79 Å². The van der Waals surface area contributed by atoms with Crippen molar-refractivity contribution in [1.29, 1.82) is 0 Å². The number of carbonyl (C=O) groups is 1. The summed E-state index contributed by atoms with van der Waals surface area (Å²) in [5, 5.41) is 5.39. The van der Waals surface area contributed by atoms with Gasteiger partial charge in [0, 0.05) is 6.54 Å². The third-order valence-corrected chi connectivity index (χ3v) is 4.49. The summed E-state index contributed by atoms with van der Waals surface area (Å²) in [7, 11) is 0. The first-order valence-electron chi connectivity index (χ1n) is 5.42. The quantitative estimate of drug-likeness (QED) is 0.901. The van der Waals surface area contributed by atoms with Crippen molar-refractivity contribution in [2.75, 3.05) is 6.54 Å². The van der Waals surface area contributed by atoms with E-state index in [2.05, 4.69) is 5.32 Å². The summed E-state index contributed by atoms with van der Waals surface area (Å²) in [6, 6.07) is 1.74. The van der Waals surface area contributed by atoms with Crippen molar-refractivity contribution in [1.82, 2.24) is 5.32 Å². The molecular formula is C11H16Cl2N2OS. The van der Waals surface area contributed by atoms with Gasteiger partial charge in [-0.25, -0.2) is 0 Å². The summed E-state index contributed by atoms with van der Waals surface area (Å²) in [6.45, 7) is 0.502. The van der Waals surface area contributed by atoms with E-state index in [1.54, 1.807) is 6.07 Å². The van der Waals surface area contributed by atoms with Gasteiger partial charge in [-0.1, -0.05) is 24.4 Å². The second-order valence-corrected chi connectivity index (χ2v) is 5.57. The monoisotopic (exact) mass is 294 g/mol. The molecule has 1 aliphatic rings. The highest BCUT2D eigenvalue weighted by Gasteiger charge is 2.34. The molecule has 0 saturated heterocycles. The van der Waals surface area contributed by atoms with Crippen LogP contribution < -0.4 is 11.1 Å². The summed E-state index contributed by atoms with van der Waals surface area (Å²) >= 11 is 7.29. The van der Waals surface area contributed by atoms with Crippen molar-refractivity contribution in [3.05, 3.63) is 21.3 Å². The van der Waals surface area contributed by atoms with Crippen LogP contribution in [0.3, 0.4) is 0 Å². The van der Waals surface area contributed by atoms with Crippen molar-refractivity contribution >= 4 is 41.3 Å². The van der Waals surface area contributed by atoms with E-state index >= 15 is 0 Å². The van der Waals surface area contributed by atoms with Crippen LogP contribution in [-0.2, 0) is 0 Å². The fourth-order valence-electron chi connectivity index (χ4n) is 2.19. The largest absolute Gasteiger partial charge is 0.345 e. The lowest BCUT2D eigenvalue weighted by molar-refractivity contribution is 0.0907. The first-order valence-corrected chi connectivity index (χ1v) is 6.68. The van der Waals surface area contributed by atoms with Crippen LogP contribution in [0.15, 0.2) is 11.4 Å². The number of amides is 1. The molecule has 0 radical (unpaired) electrons. The summed E-state index contributed by atoms with van der Waals surface area (Å²) < 4.78 is 0. The molecule has 17 heavy (non-hydrogen) atoms. The molecule has 1 aliphatic carbocycles. The molecule has 1 aromatic heterocycles. The second-order valence-electron chi connectivity index (χ2n) is 4.24. The Labute approximate surface area is 116 Å². The van der Waals surface area contributed by atoms with Gasteiger partial charge < -0.3 is 11.1 Å². The zero-order valence-electron chi connectivity index (χ0n) is 9.37. The lowest BCUT2D eigenvalue weighted by Gasteiger charge is -2.28. The minimum Gasteiger partial charge on any atom is -0.345 e. The molecule has 1 saturated carbocycles. The maximum absolute atomic E-state index is 12.0. The van der Waals surface area contributed by atoms with Gasteiger partial charge in [-0.05, 0) is 24.3 Å². The fourth-order valence-corrected chi connectivity index (χ4v) is 3.22. The Hall–Kier alpha value is -0.290. The Bertz CT molecular complexity index is 389. The highest BCUT2D eigenvalue weighted by atomic mass is 35.5. The molecule has 1 amide bonds. The molecule has 2 rings (SSSR count). The predicted octanol–water partition coefficient (Wildman–Crippen LogP) is 2.82. The maximum Gasteiger partial charge on any atom is 0.263 e. The van der Waals surface area contributed by atoms with Gasteiger partial charge in [0.1, 0.15) is 4.88 Å². The van der Waals surface area contributed by atoms with Crippen molar-refractivity contribution in [2.24, 2.45) is 5.73 Å². The number of carbonyl (C=O) groups excluding carboxylic acids is 1. The molecule has 0 aromatic carbocycles. The molecule has 0 bridgehead atoms. The van der Waals surface area contributed by atoms with E-state index in [1.165, 1.54) is 11.3 Å². The first kappa shape index (κ1) is 14.8. The smallest absolute Gasteiger partial charge is 0.263 e. The summed E-state index contributed by atoms with van der Waals surface area (Å²) in [5.74, 6) is -0.0904. The van der Waals surface area contributed by atoms with Crippen molar-refractivity contribution < 1.29 is 4.79 Å². The summed E-state index contributed by atoms with van der Waals surface area (Å²) in [4.78, 5) is 12.6. The van der Waals surface area contributed by atoms with Gasteiger partial charge in [0.15, 0.2) is 0 Å². The Balaban J connectivity index is 0.00000144. The zero-order chi connectivity index (χ0) is 11.6. The van der Waals surface area contributed by atoms with Crippen LogP contribution in [0.1, 0.15) is 35.4 Å². The van der Waals surface area contributed by atoms with Gasteiger partial charge >= 0.3 is 0 Å². The van der Waals surface area contributed by atoms with Crippen molar-refractivity contribution in [3.63, 3.8) is 0 Å². The third-order valence-electron chi connectivity index (χ3n) is 3.15. The Morgan fingerprint density at radius 2 is 2.18 bits per heavy atom. The molecule has 1 fully saturated rings. The van der Waals surface area contributed by atoms with Gasteiger partial charge in [0.25, 0.3) is 5.91 Å². The number of rotatable bonds is 3. The zero-order valence-corrected chi connectivity index (χ0v) is 11.8. The van der Waals surface area contributed by atoms with E-state index < -0.39 is 0 Å². The molecule has 3 nitrogen and oxygen atoms in total. The number of hydrogen-bond donors (Lipinski definition) is 2. The van der Waals surface area contributed by atoms with Gasteiger partial charge in [-0.15, -0.1) is 23.7 Å². The van der Waals surface area contributed by atoms with E-state index in [0.717, 1.165) is 25.7 Å². The highest BCUT2D eigenvalue weighted by molar-refractivity contribution is 7.12. The first-order chi connectivity index (χ1) is 7.67. The van der Waals surface area contributed by atoms with Crippen LogP contribution in [0.4, 0.5) is 0 Å². The van der Waals surface area contributed by atoms with Crippen LogP contribution in [0, 0.1) is 0 Å². The van der Waals surface area contributed by atoms with E-state index in [0.29, 0.717) is 16.4 Å². The average molecular weight is 295 g/mol. The summed E-state index contributed by atoms with van der Waals surface area (Å²) in [5.41, 5.74) is 5.56. The van der Waals surface area contributed by atoms with E-state index in [1.807, 2.05) is 5.38 Å². The molecule has 0 spiro atoms. The average Bonchev–Trinajstić information content (AvgIpc) is 2.87. The van der Waals surface area contributed by atoms with Crippen LogP contribution in [0.25, 0.3) is 0 Å². The number of nitrogens with two attached hydrogens (primary N) is 1. The normalized spacial score (nSPS) is 17.5. The maximum atomic E-state index is 12.0. The molecule has 1 heterocycles. The van der Waals surface area contributed by atoms with E-state index in [-0.39, 0.29) is 23.9 Å². The predicted molar refractivity (Wildman–Crippen MR) is 74.3 cm³/mol. The van der Waals surface area contributed by atoms with E-state index in [4.69, 9.17) is 17.3 Å². The van der Waals surface area contributed by atoms with Crippen molar-refractivity contribution in [2.45, 2.75) is 31.2 Å². The minimum atomic E-state index is -0.204. The van der Waals surface area contributed by atoms with Gasteiger partial charge in [0.2, 0.25) is 0 Å². The molecule has 3 N–H and O–H groups in total. The number of hydrogen-bond acceptors (Lipinski definition) is 3. The molecule has 0 atom stereocenters. The van der Waals surface area contributed by atoms with Crippen LogP contribution in [-0.4, -0.2) is 18.0 Å². The van der Waals surface area contributed by atoms with Crippen LogP contribution >= 0.6 is 35.3 Å². The van der Waals surface area contributed by atoms with Crippen LogP contribution in [0.2, 0.25) is 5.02 Å². The van der Waals surface area contributed by atoms with Crippen molar-refractivity contribution in [3.8, 4) is 0 Å². The molecule has 1 aromatic rings. The Morgan fingerprint density at radius 1 is 1.53 bits per heavy atom. The molecule has 0 aliphatic heterocycles. The molecule has 6 heteroatoms. The lowest BCUT2D eigenvalue weighted by Crippen LogP contribution is -2.51. The van der Waals surface area contributed by atoms with E-state index in [9.17, 15) is 4.79 Å². The minimum absolute atomic E-state index is 0. The standard InChI is InChI=1S/C11H15ClN2OS.ClH/c12-8-3-6-16-9(8)10(15)14-11(7-13)4-1-2-5-11;/h3,6H,1-2,4-5,7,13H2,(H,14,15);1H. The topological polar surface area (TPSA) is 55.1 Å². The fraction of sp³-hybridized carbons (Fsp3) is 0.545. The number of thiophene rings is 1. The van der Waals surface area contributed by atoms with Crippen LogP contribution in [0.5, 0.6) is 0 Å². The Kier molecular flexibility index (Phi) is 5.25. The highest BCUT2D eigenvalue weighted by Crippen LogP contribution is 2.30. The van der Waals surface area contributed by atoms with Gasteiger partial charge in [-0.2, -0.15) is 0 Å². The Morgan fingerprint density at radius 3 is 2.65 bits per heavy atom. The molecular weight excluding hydrogens is 279 g/mol. The second kappa shape index (κ2) is 6.05. The third kappa shape index (κ3) is 3.13. The van der Waals surface area contributed by atoms with Gasteiger partial charge in [0.05, 0.1) is 10.6 Å². The lowest BCUT2D eigenvalue weighted by atomic mass is 9.98.